The minimum atomic E-state index is -0.0666. The lowest BCUT2D eigenvalue weighted by atomic mass is 9.95. The second-order valence-corrected chi connectivity index (χ2v) is 7.79. The van der Waals surface area contributed by atoms with Crippen molar-refractivity contribution in [1.29, 1.82) is 0 Å². The van der Waals surface area contributed by atoms with Crippen molar-refractivity contribution in [3.63, 3.8) is 0 Å². The first-order valence-corrected chi connectivity index (χ1v) is 9.96. The van der Waals surface area contributed by atoms with Gasteiger partial charge in [0.1, 0.15) is 0 Å². The van der Waals surface area contributed by atoms with Crippen LogP contribution in [0.5, 0.6) is 0 Å². The van der Waals surface area contributed by atoms with Crippen molar-refractivity contribution < 1.29 is 9.59 Å². The van der Waals surface area contributed by atoms with E-state index in [0.29, 0.717) is 19.5 Å². The van der Waals surface area contributed by atoms with Gasteiger partial charge < -0.3 is 15.5 Å². The number of carbonyl (C=O) groups excluding carboxylic acids is 2. The molecule has 2 aliphatic rings. The monoisotopic (exact) mass is 365 g/mol. The summed E-state index contributed by atoms with van der Waals surface area (Å²) in [6, 6.07) is 13.0. The number of nitrogens with one attached hydrogen (secondary N) is 2. The van der Waals surface area contributed by atoms with Crippen molar-refractivity contribution in [1.82, 2.24) is 15.5 Å². The molecule has 3 amide bonds. The SMILES string of the molecule is C[C@@H]1NC(=O)N[C@@H]1CCCCCC(=O)N1Cc2cccc3cccc(c23)C1. The van der Waals surface area contributed by atoms with E-state index in [1.807, 2.05) is 11.8 Å². The van der Waals surface area contributed by atoms with Gasteiger partial charge in [0, 0.05) is 25.6 Å². The molecule has 142 valence electrons. The van der Waals surface area contributed by atoms with E-state index in [2.05, 4.69) is 47.0 Å². The molecule has 0 aromatic heterocycles. The molecule has 0 saturated carbocycles. The molecule has 2 heterocycles. The third-order valence-electron chi connectivity index (χ3n) is 5.84. The highest BCUT2D eigenvalue weighted by atomic mass is 16.2. The molecule has 2 N–H and O–H groups in total. The zero-order valence-corrected chi connectivity index (χ0v) is 15.8. The fourth-order valence-electron chi connectivity index (χ4n) is 4.35. The van der Waals surface area contributed by atoms with Crippen molar-refractivity contribution in [3.8, 4) is 0 Å². The van der Waals surface area contributed by atoms with Crippen molar-refractivity contribution in [2.75, 3.05) is 0 Å². The normalized spacial score (nSPS) is 21.2. The Bertz CT molecular complexity index is 823. The van der Waals surface area contributed by atoms with Crippen LogP contribution in [0.15, 0.2) is 36.4 Å². The van der Waals surface area contributed by atoms with Gasteiger partial charge >= 0.3 is 6.03 Å². The highest BCUT2D eigenvalue weighted by Crippen LogP contribution is 2.30. The molecule has 5 heteroatoms. The van der Waals surface area contributed by atoms with Crippen LogP contribution >= 0.6 is 0 Å². The van der Waals surface area contributed by atoms with Crippen LogP contribution in [-0.2, 0) is 17.9 Å². The summed E-state index contributed by atoms with van der Waals surface area (Å²) in [7, 11) is 0. The third kappa shape index (κ3) is 3.77. The van der Waals surface area contributed by atoms with Gasteiger partial charge in [-0.2, -0.15) is 0 Å². The maximum absolute atomic E-state index is 12.7. The van der Waals surface area contributed by atoms with Gasteiger partial charge in [-0.15, -0.1) is 0 Å². The summed E-state index contributed by atoms with van der Waals surface area (Å²) in [6.45, 7) is 3.45. The summed E-state index contributed by atoms with van der Waals surface area (Å²) in [6.07, 6.45) is 4.52. The highest BCUT2D eigenvalue weighted by molar-refractivity contribution is 5.90. The van der Waals surface area contributed by atoms with Crippen LogP contribution in [0.1, 0.15) is 50.2 Å². The smallest absolute Gasteiger partial charge is 0.315 e. The maximum atomic E-state index is 12.7. The molecule has 2 aliphatic heterocycles. The number of urea groups is 1. The van der Waals surface area contributed by atoms with E-state index in [4.69, 9.17) is 0 Å². The summed E-state index contributed by atoms with van der Waals surface area (Å²) in [4.78, 5) is 26.0. The standard InChI is InChI=1S/C22H27N3O2/c1-15-19(24-22(27)23-15)11-3-2-4-12-20(26)25-13-17-9-5-7-16-8-6-10-18(14-25)21(16)17/h5-10,15,19H,2-4,11-14H2,1H3,(H2,23,24,27)/t15-,19+/m0/s1. The van der Waals surface area contributed by atoms with Gasteiger partial charge in [-0.1, -0.05) is 49.2 Å². The average molecular weight is 365 g/mol. The number of rotatable bonds is 6. The first kappa shape index (κ1) is 17.8. The average Bonchev–Trinajstić information content (AvgIpc) is 2.99. The molecule has 2 aromatic rings. The first-order chi connectivity index (χ1) is 13.1. The van der Waals surface area contributed by atoms with Gasteiger partial charge in [-0.05, 0) is 41.7 Å². The van der Waals surface area contributed by atoms with Crippen molar-refractivity contribution in [2.24, 2.45) is 0 Å². The van der Waals surface area contributed by atoms with Crippen LogP contribution in [0, 0.1) is 0 Å². The van der Waals surface area contributed by atoms with Gasteiger partial charge in [-0.3, -0.25) is 4.79 Å². The second kappa shape index (κ2) is 7.59. The van der Waals surface area contributed by atoms with Crippen molar-refractivity contribution >= 4 is 22.7 Å². The predicted octanol–water partition coefficient (Wildman–Crippen LogP) is 3.70. The fraction of sp³-hybridized carbons (Fsp3) is 0.455. The lowest BCUT2D eigenvalue weighted by Gasteiger charge is -2.29. The minimum absolute atomic E-state index is 0.0666. The summed E-state index contributed by atoms with van der Waals surface area (Å²) in [5.41, 5.74) is 2.50. The number of carbonyl (C=O) groups is 2. The Labute approximate surface area is 160 Å². The Morgan fingerprint density at radius 1 is 1.04 bits per heavy atom. The number of unbranched alkanes of at least 4 members (excludes halogenated alkanes) is 2. The van der Waals surface area contributed by atoms with E-state index >= 15 is 0 Å². The zero-order chi connectivity index (χ0) is 18.8. The van der Waals surface area contributed by atoms with Crippen LogP contribution < -0.4 is 10.6 Å². The lowest BCUT2D eigenvalue weighted by Crippen LogP contribution is -2.32. The Kier molecular flexibility index (Phi) is 5.01. The third-order valence-corrected chi connectivity index (χ3v) is 5.84. The largest absolute Gasteiger partial charge is 0.334 e. The molecule has 2 aromatic carbocycles. The maximum Gasteiger partial charge on any atom is 0.315 e. The molecule has 5 nitrogen and oxygen atoms in total. The van der Waals surface area contributed by atoms with Gasteiger partial charge in [0.25, 0.3) is 0 Å². The Balaban J connectivity index is 1.26. The number of hydrogen-bond donors (Lipinski definition) is 2. The fourth-order valence-corrected chi connectivity index (χ4v) is 4.35. The number of hydrogen-bond acceptors (Lipinski definition) is 2. The first-order valence-electron chi connectivity index (χ1n) is 9.96. The Morgan fingerprint density at radius 3 is 2.37 bits per heavy atom. The second-order valence-electron chi connectivity index (χ2n) is 7.79. The number of nitrogens with zero attached hydrogens (tertiary/aromatic N) is 1. The van der Waals surface area contributed by atoms with Crippen molar-refractivity contribution in [3.05, 3.63) is 47.5 Å². The summed E-state index contributed by atoms with van der Waals surface area (Å²) >= 11 is 0. The van der Waals surface area contributed by atoms with Crippen LogP contribution in [0.2, 0.25) is 0 Å². The molecule has 0 bridgehead atoms. The zero-order valence-electron chi connectivity index (χ0n) is 15.8. The van der Waals surface area contributed by atoms with Crippen LogP contribution in [0.3, 0.4) is 0 Å². The Hall–Kier alpha value is -2.56. The van der Waals surface area contributed by atoms with E-state index < -0.39 is 0 Å². The molecule has 0 unspecified atom stereocenters. The molecule has 1 saturated heterocycles. The lowest BCUT2D eigenvalue weighted by molar-refractivity contribution is -0.132. The molecule has 0 aliphatic carbocycles. The van der Waals surface area contributed by atoms with E-state index in [9.17, 15) is 9.59 Å². The topological polar surface area (TPSA) is 61.4 Å². The molecule has 1 fully saturated rings. The molecular weight excluding hydrogens is 338 g/mol. The number of benzene rings is 2. The highest BCUT2D eigenvalue weighted by Gasteiger charge is 2.27. The summed E-state index contributed by atoms with van der Waals surface area (Å²) in [5, 5.41) is 8.41. The van der Waals surface area contributed by atoms with E-state index in [1.165, 1.54) is 21.9 Å². The minimum Gasteiger partial charge on any atom is -0.334 e. The van der Waals surface area contributed by atoms with Crippen LogP contribution in [0.25, 0.3) is 10.8 Å². The van der Waals surface area contributed by atoms with Crippen LogP contribution in [0.4, 0.5) is 4.79 Å². The summed E-state index contributed by atoms with van der Waals surface area (Å²) < 4.78 is 0. The molecule has 0 spiro atoms. The molecule has 0 radical (unpaired) electrons. The Morgan fingerprint density at radius 2 is 1.74 bits per heavy atom. The van der Waals surface area contributed by atoms with Gasteiger partial charge in [0.15, 0.2) is 0 Å². The molecule has 27 heavy (non-hydrogen) atoms. The van der Waals surface area contributed by atoms with Gasteiger partial charge in [0.05, 0.1) is 6.04 Å². The van der Waals surface area contributed by atoms with Gasteiger partial charge in [-0.25, -0.2) is 4.79 Å². The van der Waals surface area contributed by atoms with Gasteiger partial charge in [0.2, 0.25) is 5.91 Å². The molecule has 2 atom stereocenters. The predicted molar refractivity (Wildman–Crippen MR) is 106 cm³/mol. The van der Waals surface area contributed by atoms with Crippen LogP contribution in [-0.4, -0.2) is 28.9 Å². The molecule has 4 rings (SSSR count). The quantitative estimate of drug-likeness (QED) is 0.767. The number of amides is 3. The van der Waals surface area contributed by atoms with E-state index in [1.54, 1.807) is 0 Å². The van der Waals surface area contributed by atoms with E-state index in [-0.39, 0.29) is 24.0 Å². The summed E-state index contributed by atoms with van der Waals surface area (Å²) in [5.74, 6) is 0.241. The molecular formula is C22H27N3O2. The van der Waals surface area contributed by atoms with Crippen molar-refractivity contribution in [2.45, 2.75) is 64.2 Å². The van der Waals surface area contributed by atoms with E-state index in [0.717, 1.165) is 25.7 Å².